The first-order chi connectivity index (χ1) is 13.9. The number of para-hydroxylation sites is 1. The fourth-order valence-corrected chi connectivity index (χ4v) is 4.17. The molecule has 8 heteroatoms. The molecule has 0 saturated carbocycles. The number of nitrogens with zero attached hydrogens (tertiary/aromatic N) is 1. The summed E-state index contributed by atoms with van der Waals surface area (Å²) in [5.74, 6) is -1.35. The van der Waals surface area contributed by atoms with Gasteiger partial charge in [-0.25, -0.2) is 4.39 Å². The highest BCUT2D eigenvalue weighted by atomic mass is 35.5. The lowest BCUT2D eigenvalue weighted by Crippen LogP contribution is -2.61. The van der Waals surface area contributed by atoms with E-state index >= 15 is 0 Å². The van der Waals surface area contributed by atoms with E-state index in [0.717, 1.165) is 0 Å². The zero-order chi connectivity index (χ0) is 20.3. The number of hydrogen-bond donors (Lipinski definition) is 2. The number of carbonyl (C=O) groups excluding carboxylic acids is 2. The van der Waals surface area contributed by atoms with Crippen LogP contribution in [-0.2, 0) is 10.5 Å². The van der Waals surface area contributed by atoms with Crippen molar-refractivity contribution in [3.05, 3.63) is 87.7 Å². The van der Waals surface area contributed by atoms with Gasteiger partial charge in [-0.3, -0.25) is 14.5 Å². The number of amides is 2. The topological polar surface area (TPSA) is 61.4 Å². The van der Waals surface area contributed by atoms with Crippen LogP contribution in [0.2, 0.25) is 10.0 Å². The molecule has 1 unspecified atom stereocenters. The Kier molecular flexibility index (Phi) is 3.84. The molecule has 2 heterocycles. The maximum atomic E-state index is 13.6. The minimum absolute atomic E-state index is 0.215. The number of anilines is 3. The predicted octanol–water partition coefficient (Wildman–Crippen LogP) is 5.01. The minimum Gasteiger partial charge on any atom is -0.350 e. The third-order valence-electron chi connectivity index (χ3n) is 5.12. The maximum Gasteiger partial charge on any atom is 0.276 e. The second kappa shape index (κ2) is 6.20. The van der Waals surface area contributed by atoms with Gasteiger partial charge in [-0.2, -0.15) is 0 Å². The van der Waals surface area contributed by atoms with Gasteiger partial charge in [-0.1, -0.05) is 41.4 Å². The van der Waals surface area contributed by atoms with Crippen LogP contribution in [-0.4, -0.2) is 11.8 Å². The molecule has 0 fully saturated rings. The summed E-state index contributed by atoms with van der Waals surface area (Å²) in [5.41, 5.74) is 0.580. The van der Waals surface area contributed by atoms with E-state index in [1.54, 1.807) is 24.3 Å². The molecule has 2 amide bonds. The molecule has 144 valence electrons. The van der Waals surface area contributed by atoms with E-state index in [9.17, 15) is 14.0 Å². The molecule has 2 N–H and O–H groups in total. The van der Waals surface area contributed by atoms with Crippen LogP contribution in [0.3, 0.4) is 0 Å². The van der Waals surface area contributed by atoms with E-state index in [1.807, 2.05) is 0 Å². The van der Waals surface area contributed by atoms with Crippen molar-refractivity contribution in [3.8, 4) is 0 Å². The molecule has 1 spiro atoms. The van der Waals surface area contributed by atoms with Gasteiger partial charge in [0.05, 0.1) is 21.3 Å². The van der Waals surface area contributed by atoms with Crippen LogP contribution >= 0.6 is 23.2 Å². The summed E-state index contributed by atoms with van der Waals surface area (Å²) in [5, 5.41) is 6.48. The first kappa shape index (κ1) is 18.0. The van der Waals surface area contributed by atoms with Crippen molar-refractivity contribution in [2.75, 3.05) is 15.5 Å². The molecule has 0 bridgehead atoms. The van der Waals surface area contributed by atoms with Crippen molar-refractivity contribution in [1.82, 2.24) is 0 Å². The number of rotatable bonds is 1. The van der Waals surface area contributed by atoms with Crippen LogP contribution in [0.4, 0.5) is 21.5 Å². The van der Waals surface area contributed by atoms with Gasteiger partial charge < -0.3 is 10.6 Å². The quantitative estimate of drug-likeness (QED) is 0.573. The zero-order valence-corrected chi connectivity index (χ0v) is 16.2. The number of hydrogen-bond acceptors (Lipinski definition) is 3. The standard InChI is InChI=1S/C21H12Cl2FN3O2/c22-15-9-13-18(10-16(15)23)26-21(14-3-1-2-4-17(14)25-20(21)29)27(19(13)28)12-7-5-11(24)6-8-12/h1-10,26H,(H,25,29). The predicted molar refractivity (Wildman–Crippen MR) is 110 cm³/mol. The molecule has 5 nitrogen and oxygen atoms in total. The Hall–Kier alpha value is -3.09. The molecular formula is C21H12Cl2FN3O2. The number of halogens is 3. The van der Waals surface area contributed by atoms with Gasteiger partial charge in [0.15, 0.2) is 0 Å². The van der Waals surface area contributed by atoms with E-state index in [2.05, 4.69) is 10.6 Å². The summed E-state index contributed by atoms with van der Waals surface area (Å²) in [7, 11) is 0. The highest BCUT2D eigenvalue weighted by Gasteiger charge is 2.57. The fraction of sp³-hybridized carbons (Fsp3) is 0.0476. The van der Waals surface area contributed by atoms with Crippen molar-refractivity contribution in [2.45, 2.75) is 5.66 Å². The van der Waals surface area contributed by atoms with Gasteiger partial charge in [-0.05, 0) is 42.5 Å². The Balaban J connectivity index is 1.82. The van der Waals surface area contributed by atoms with Gasteiger partial charge in [-0.15, -0.1) is 0 Å². The Morgan fingerprint density at radius 3 is 2.34 bits per heavy atom. The molecule has 3 aromatic rings. The molecule has 3 aromatic carbocycles. The van der Waals surface area contributed by atoms with Crippen LogP contribution in [0.25, 0.3) is 0 Å². The first-order valence-electron chi connectivity index (χ1n) is 8.70. The van der Waals surface area contributed by atoms with Crippen molar-refractivity contribution >= 4 is 52.1 Å². The minimum atomic E-state index is -1.56. The third-order valence-corrected chi connectivity index (χ3v) is 5.85. The maximum absolute atomic E-state index is 13.6. The summed E-state index contributed by atoms with van der Waals surface area (Å²) >= 11 is 12.3. The summed E-state index contributed by atoms with van der Waals surface area (Å²) < 4.78 is 13.5. The fourth-order valence-electron chi connectivity index (χ4n) is 3.84. The van der Waals surface area contributed by atoms with Crippen LogP contribution in [0.5, 0.6) is 0 Å². The van der Waals surface area contributed by atoms with Crippen molar-refractivity contribution in [1.29, 1.82) is 0 Å². The van der Waals surface area contributed by atoms with E-state index in [1.165, 1.54) is 41.3 Å². The van der Waals surface area contributed by atoms with Gasteiger partial charge >= 0.3 is 0 Å². The molecule has 0 aliphatic carbocycles. The van der Waals surface area contributed by atoms with Crippen molar-refractivity contribution in [2.24, 2.45) is 0 Å². The Morgan fingerprint density at radius 1 is 0.897 bits per heavy atom. The van der Waals surface area contributed by atoms with E-state index in [-0.39, 0.29) is 15.6 Å². The summed E-state index contributed by atoms with van der Waals surface area (Å²) in [4.78, 5) is 28.2. The molecule has 5 rings (SSSR count). The first-order valence-corrected chi connectivity index (χ1v) is 9.46. The molecule has 29 heavy (non-hydrogen) atoms. The molecule has 0 radical (unpaired) electrons. The average molecular weight is 428 g/mol. The lowest BCUT2D eigenvalue weighted by Gasteiger charge is -2.44. The molecule has 2 aliphatic rings. The van der Waals surface area contributed by atoms with E-state index < -0.39 is 23.3 Å². The van der Waals surface area contributed by atoms with Crippen LogP contribution in [0.15, 0.2) is 60.7 Å². The molecule has 2 aliphatic heterocycles. The lowest BCUT2D eigenvalue weighted by molar-refractivity contribution is -0.119. The summed E-state index contributed by atoms with van der Waals surface area (Å²) in [6, 6.07) is 15.4. The lowest BCUT2D eigenvalue weighted by atomic mass is 9.92. The van der Waals surface area contributed by atoms with E-state index in [4.69, 9.17) is 23.2 Å². The van der Waals surface area contributed by atoms with E-state index in [0.29, 0.717) is 22.6 Å². The summed E-state index contributed by atoms with van der Waals surface area (Å²) in [6.07, 6.45) is 0. The second-order valence-corrected chi connectivity index (χ2v) is 7.58. The van der Waals surface area contributed by atoms with Gasteiger partial charge in [0.25, 0.3) is 11.8 Å². The smallest absolute Gasteiger partial charge is 0.276 e. The second-order valence-electron chi connectivity index (χ2n) is 6.76. The molecule has 1 atom stereocenters. The van der Waals surface area contributed by atoms with Crippen LogP contribution in [0.1, 0.15) is 15.9 Å². The average Bonchev–Trinajstić information content (AvgIpc) is 2.97. The van der Waals surface area contributed by atoms with Crippen LogP contribution < -0.4 is 15.5 Å². The number of nitrogens with one attached hydrogen (secondary N) is 2. The third kappa shape index (κ3) is 2.46. The molecular weight excluding hydrogens is 416 g/mol. The van der Waals surface area contributed by atoms with Crippen molar-refractivity contribution in [3.63, 3.8) is 0 Å². The highest BCUT2D eigenvalue weighted by Crippen LogP contribution is 2.48. The van der Waals surface area contributed by atoms with Crippen LogP contribution in [0, 0.1) is 5.82 Å². The largest absolute Gasteiger partial charge is 0.350 e. The number of fused-ring (bicyclic) bond motifs is 3. The van der Waals surface area contributed by atoms with Crippen molar-refractivity contribution < 1.29 is 14.0 Å². The Morgan fingerprint density at radius 2 is 1.59 bits per heavy atom. The molecule has 0 saturated heterocycles. The monoisotopic (exact) mass is 427 g/mol. The normalized spacial score (nSPS) is 19.6. The zero-order valence-electron chi connectivity index (χ0n) is 14.7. The van der Waals surface area contributed by atoms with Gasteiger partial charge in [0, 0.05) is 16.9 Å². The number of carbonyl (C=O) groups is 2. The Bertz CT molecular complexity index is 1200. The Labute approximate surface area is 175 Å². The summed E-state index contributed by atoms with van der Waals surface area (Å²) in [6.45, 7) is 0. The number of benzene rings is 3. The molecule has 0 aromatic heterocycles. The highest BCUT2D eigenvalue weighted by molar-refractivity contribution is 6.42. The van der Waals surface area contributed by atoms with Gasteiger partial charge in [0.1, 0.15) is 5.82 Å². The van der Waals surface area contributed by atoms with Gasteiger partial charge in [0.2, 0.25) is 5.66 Å². The SMILES string of the molecule is O=C1c2cc(Cl)c(Cl)cc2NC2(C(=O)Nc3ccccc32)N1c1ccc(F)cc1.